The number of carbonyl (C=O) groups excluding carboxylic acids is 2. The summed E-state index contributed by atoms with van der Waals surface area (Å²) in [5, 5.41) is 11.6. The fourth-order valence-corrected chi connectivity index (χ4v) is 4.61. The van der Waals surface area contributed by atoms with E-state index in [1.54, 1.807) is 4.42 Å². The lowest BCUT2D eigenvalue weighted by atomic mass is 9.70. The van der Waals surface area contributed by atoms with Crippen molar-refractivity contribution in [1.82, 2.24) is 13.7 Å². The van der Waals surface area contributed by atoms with Gasteiger partial charge in [0.2, 0.25) is 0 Å². The number of carbonyl (C=O) groups is 2. The minimum Gasteiger partial charge on any atom is -0.272 e. The summed E-state index contributed by atoms with van der Waals surface area (Å²) in [5.41, 5.74) is -2.22. The van der Waals surface area contributed by atoms with Gasteiger partial charge in [-0.2, -0.15) is 0 Å². The number of hydrogen-bond acceptors (Lipinski definition) is 7. The van der Waals surface area contributed by atoms with Gasteiger partial charge in [0.25, 0.3) is 5.91 Å². The molecular weight excluding hydrogens is 381 g/mol. The molecule has 0 aromatic carbocycles. The van der Waals surface area contributed by atoms with Gasteiger partial charge in [-0.25, -0.2) is 18.9 Å². The molecule has 2 rings (SSSR count). The summed E-state index contributed by atoms with van der Waals surface area (Å²) < 4.78 is 6.96. The lowest BCUT2D eigenvalue weighted by Gasteiger charge is -2.55. The van der Waals surface area contributed by atoms with Crippen LogP contribution >= 0.6 is 35.6 Å². The van der Waals surface area contributed by atoms with Crippen LogP contribution in [0.3, 0.4) is 0 Å². The monoisotopic (exact) mass is 401 g/mol. The molecule has 2 fully saturated rings. The summed E-state index contributed by atoms with van der Waals surface area (Å²) >= 11 is 13.5. The van der Waals surface area contributed by atoms with Gasteiger partial charge < -0.3 is 0 Å². The number of halogens is 2. The van der Waals surface area contributed by atoms with Crippen LogP contribution in [-0.2, 0) is 14.2 Å². The van der Waals surface area contributed by atoms with E-state index >= 15 is 0 Å². The first-order valence-corrected chi connectivity index (χ1v) is 8.96. The van der Waals surface area contributed by atoms with Crippen LogP contribution in [0.25, 0.3) is 0 Å². The topological polar surface area (TPSA) is 82.5 Å². The molecule has 0 aliphatic carbocycles. The van der Waals surface area contributed by atoms with E-state index in [1.165, 1.54) is 0 Å². The second kappa shape index (κ2) is 6.79. The summed E-state index contributed by atoms with van der Waals surface area (Å²) in [6, 6.07) is -0.568. The van der Waals surface area contributed by atoms with Crippen molar-refractivity contribution in [2.45, 2.75) is 57.2 Å². The third-order valence-corrected chi connectivity index (χ3v) is 6.30. The number of nitrogens with zero attached hydrogens (tertiary/aromatic N) is 3. The number of hydrogen-bond donors (Lipinski definition) is 1. The predicted molar refractivity (Wildman–Crippen MR) is 89.9 cm³/mol. The lowest BCUT2D eigenvalue weighted by Crippen LogP contribution is -2.66. The lowest BCUT2D eigenvalue weighted by molar-refractivity contribution is -0.432. The number of imide groups is 1. The van der Waals surface area contributed by atoms with E-state index in [9.17, 15) is 9.59 Å². The van der Waals surface area contributed by atoms with Gasteiger partial charge in [0.15, 0.2) is 0 Å². The van der Waals surface area contributed by atoms with Crippen molar-refractivity contribution >= 4 is 47.5 Å². The molecule has 0 aromatic heterocycles. The maximum atomic E-state index is 13.0. The van der Waals surface area contributed by atoms with E-state index < -0.39 is 22.6 Å². The van der Waals surface area contributed by atoms with Gasteiger partial charge in [0, 0.05) is 60.0 Å². The number of rotatable bonds is 5. The Morgan fingerprint density at radius 3 is 2.21 bits per heavy atom. The first-order chi connectivity index (χ1) is 11.0. The Labute approximate surface area is 155 Å². The third-order valence-electron chi connectivity index (χ3n) is 4.41. The maximum absolute atomic E-state index is 13.0. The number of amides is 3. The minimum absolute atomic E-state index is 0.0854. The SMILES string of the molecule is CC1(C)CC2(CC(C)(C)N1Cl)C(=O)N(CCSOOO)C(=O)N2Cl. The van der Waals surface area contributed by atoms with E-state index in [1.807, 2.05) is 27.7 Å². The third kappa shape index (κ3) is 3.23. The van der Waals surface area contributed by atoms with Crippen LogP contribution < -0.4 is 0 Å². The molecule has 8 nitrogen and oxygen atoms in total. The van der Waals surface area contributed by atoms with E-state index in [0.717, 1.165) is 21.4 Å². The highest BCUT2D eigenvalue weighted by Gasteiger charge is 2.65. The second-order valence-electron chi connectivity index (χ2n) is 7.28. The minimum atomic E-state index is -1.14. The van der Waals surface area contributed by atoms with Crippen LogP contribution in [0.2, 0.25) is 0 Å². The zero-order chi connectivity index (χ0) is 18.3. The van der Waals surface area contributed by atoms with Crippen molar-refractivity contribution in [2.24, 2.45) is 0 Å². The molecule has 1 spiro atoms. The van der Waals surface area contributed by atoms with Gasteiger partial charge in [-0.1, -0.05) is 5.04 Å². The average Bonchev–Trinajstić information content (AvgIpc) is 2.64. The van der Waals surface area contributed by atoms with E-state index in [0.29, 0.717) is 12.8 Å². The Hall–Kier alpha value is -0.290. The first kappa shape index (κ1) is 20.0. The molecule has 0 radical (unpaired) electrons. The molecule has 0 saturated carbocycles. The Morgan fingerprint density at radius 1 is 1.17 bits per heavy atom. The van der Waals surface area contributed by atoms with Gasteiger partial charge in [-0.15, -0.1) is 4.33 Å². The largest absolute Gasteiger partial charge is 0.342 e. The Kier molecular flexibility index (Phi) is 5.66. The number of urea groups is 1. The summed E-state index contributed by atoms with van der Waals surface area (Å²) in [6.07, 6.45) is 0.641. The fourth-order valence-electron chi connectivity index (χ4n) is 3.83. The zero-order valence-corrected chi connectivity index (χ0v) is 16.2. The van der Waals surface area contributed by atoms with Crippen molar-refractivity contribution in [3.05, 3.63) is 0 Å². The average molecular weight is 402 g/mol. The smallest absolute Gasteiger partial charge is 0.272 e. The molecule has 2 aliphatic heterocycles. The van der Waals surface area contributed by atoms with E-state index in [4.69, 9.17) is 28.8 Å². The zero-order valence-electron chi connectivity index (χ0n) is 13.9. The van der Waals surface area contributed by atoms with Crippen molar-refractivity contribution < 1.29 is 24.2 Å². The molecule has 3 amide bonds. The van der Waals surface area contributed by atoms with Crippen LogP contribution in [0.5, 0.6) is 0 Å². The molecule has 0 unspecified atom stereocenters. The van der Waals surface area contributed by atoms with Gasteiger partial charge >= 0.3 is 6.03 Å². The van der Waals surface area contributed by atoms with Crippen LogP contribution in [0.1, 0.15) is 40.5 Å². The molecule has 2 saturated heterocycles. The number of piperidine rings is 1. The Morgan fingerprint density at radius 2 is 1.71 bits per heavy atom. The van der Waals surface area contributed by atoms with E-state index in [2.05, 4.69) is 9.37 Å². The Balaban J connectivity index is 2.26. The summed E-state index contributed by atoms with van der Waals surface area (Å²) in [4.78, 5) is 26.6. The van der Waals surface area contributed by atoms with Crippen LogP contribution in [-0.4, -0.2) is 59.8 Å². The van der Waals surface area contributed by atoms with Gasteiger partial charge in [0.1, 0.15) is 5.54 Å². The van der Waals surface area contributed by atoms with Crippen molar-refractivity contribution in [2.75, 3.05) is 12.3 Å². The molecule has 11 heteroatoms. The maximum Gasteiger partial charge on any atom is 0.342 e. The molecule has 0 bridgehead atoms. The Bertz CT molecular complexity index is 516. The van der Waals surface area contributed by atoms with E-state index in [-0.39, 0.29) is 18.2 Å². The molecule has 2 aliphatic rings. The van der Waals surface area contributed by atoms with Gasteiger partial charge in [-0.3, -0.25) is 9.69 Å². The summed E-state index contributed by atoms with van der Waals surface area (Å²) in [6.45, 7) is 7.74. The molecule has 2 heterocycles. The van der Waals surface area contributed by atoms with Crippen molar-refractivity contribution in [1.29, 1.82) is 0 Å². The summed E-state index contributed by atoms with van der Waals surface area (Å²) in [7, 11) is 0. The van der Waals surface area contributed by atoms with Crippen LogP contribution in [0, 0.1) is 0 Å². The van der Waals surface area contributed by atoms with Crippen LogP contribution in [0.4, 0.5) is 4.79 Å². The van der Waals surface area contributed by atoms with Crippen molar-refractivity contribution in [3.8, 4) is 0 Å². The molecular formula is C13H21Cl2N3O5S. The molecule has 24 heavy (non-hydrogen) atoms. The first-order valence-electron chi connectivity index (χ1n) is 7.37. The molecule has 0 aromatic rings. The quantitative estimate of drug-likeness (QED) is 0.189. The molecule has 138 valence electrons. The standard InChI is InChI=1S/C13H21Cl2N3O5S/c1-11(2)7-13(8-12(3,4)18(11)15)9(19)16(10(20)17(13)14)5-6-24-23-22-21/h21H,5-8H2,1-4H3. The molecule has 1 N–H and O–H groups in total. The van der Waals surface area contributed by atoms with Gasteiger partial charge in [0.05, 0.1) is 0 Å². The van der Waals surface area contributed by atoms with Crippen molar-refractivity contribution in [3.63, 3.8) is 0 Å². The second-order valence-corrected chi connectivity index (χ2v) is 8.73. The highest BCUT2D eigenvalue weighted by molar-refractivity contribution is 7.94. The highest BCUT2D eigenvalue weighted by atomic mass is 35.5. The normalized spacial score (nSPS) is 25.8. The summed E-state index contributed by atoms with van der Waals surface area (Å²) in [5.74, 6) is -0.119. The van der Waals surface area contributed by atoms with Crippen LogP contribution in [0.15, 0.2) is 0 Å². The van der Waals surface area contributed by atoms with Gasteiger partial charge in [-0.05, 0) is 39.5 Å². The highest BCUT2D eigenvalue weighted by Crippen LogP contribution is 2.51. The fraction of sp³-hybridized carbons (Fsp3) is 0.846. The predicted octanol–water partition coefficient (Wildman–Crippen LogP) is 3.02. The molecule has 0 atom stereocenters.